The molecule has 0 saturated carbocycles. The number of carboxylic acids is 1. The second kappa shape index (κ2) is 5.00. The van der Waals surface area contributed by atoms with Crippen LogP contribution in [-0.4, -0.2) is 20.6 Å². The minimum Gasteiger partial charge on any atom is -0.481 e. The van der Waals surface area contributed by atoms with Gasteiger partial charge in [0.25, 0.3) is 0 Å². The fourth-order valence-corrected chi connectivity index (χ4v) is 1.89. The monoisotopic (exact) mass is 248 g/mol. The van der Waals surface area contributed by atoms with E-state index in [-0.39, 0.29) is 12.2 Å². The van der Waals surface area contributed by atoms with Gasteiger partial charge in [-0.25, -0.2) is 9.37 Å². The zero-order valence-electron chi connectivity index (χ0n) is 9.93. The molecule has 0 spiro atoms. The Labute approximate surface area is 104 Å². The highest BCUT2D eigenvalue weighted by Crippen LogP contribution is 2.20. The molecule has 0 fully saturated rings. The van der Waals surface area contributed by atoms with E-state index in [2.05, 4.69) is 4.98 Å². The van der Waals surface area contributed by atoms with Gasteiger partial charge in [-0.1, -0.05) is 0 Å². The van der Waals surface area contributed by atoms with Gasteiger partial charge in [0.1, 0.15) is 11.6 Å². The summed E-state index contributed by atoms with van der Waals surface area (Å²) in [6.45, 7) is 2.54. The van der Waals surface area contributed by atoms with Crippen LogP contribution in [0.15, 0.2) is 30.5 Å². The van der Waals surface area contributed by atoms with Crippen molar-refractivity contribution in [3.63, 3.8) is 0 Å². The molecule has 4 nitrogen and oxygen atoms in total. The third-order valence-corrected chi connectivity index (χ3v) is 2.69. The molecule has 0 amide bonds. The lowest BCUT2D eigenvalue weighted by Crippen LogP contribution is -2.08. The highest BCUT2D eigenvalue weighted by atomic mass is 19.1. The smallest absolute Gasteiger partial charge is 0.309 e. The summed E-state index contributed by atoms with van der Waals surface area (Å²) in [5, 5.41) is 8.81. The number of hydrogen-bond acceptors (Lipinski definition) is 2. The van der Waals surface area contributed by atoms with Crippen molar-refractivity contribution in [1.82, 2.24) is 9.55 Å². The van der Waals surface area contributed by atoms with Crippen LogP contribution in [0.4, 0.5) is 4.39 Å². The first-order valence-corrected chi connectivity index (χ1v) is 5.64. The van der Waals surface area contributed by atoms with E-state index in [4.69, 9.17) is 5.11 Å². The number of carboxylic acid groups (broad SMARTS) is 1. The molecule has 5 heteroatoms. The van der Waals surface area contributed by atoms with Gasteiger partial charge in [0.05, 0.1) is 6.42 Å². The lowest BCUT2D eigenvalue weighted by molar-refractivity contribution is -0.136. The van der Waals surface area contributed by atoms with Crippen molar-refractivity contribution in [3.8, 4) is 11.4 Å². The summed E-state index contributed by atoms with van der Waals surface area (Å²) in [5.41, 5.74) is 1.42. The van der Waals surface area contributed by atoms with Gasteiger partial charge in [-0.2, -0.15) is 0 Å². The summed E-state index contributed by atoms with van der Waals surface area (Å²) in [6, 6.07) is 5.99. The first-order chi connectivity index (χ1) is 8.61. The first-order valence-electron chi connectivity index (χ1n) is 5.64. The molecule has 0 aliphatic carbocycles. The molecule has 18 heavy (non-hydrogen) atoms. The van der Waals surface area contributed by atoms with E-state index < -0.39 is 5.97 Å². The van der Waals surface area contributed by atoms with Crippen LogP contribution in [0, 0.1) is 5.82 Å². The summed E-state index contributed by atoms with van der Waals surface area (Å²) in [6.07, 6.45) is 1.48. The molecule has 0 atom stereocenters. The number of rotatable bonds is 4. The average Bonchev–Trinajstić information content (AvgIpc) is 2.72. The number of aliphatic carboxylic acids is 1. The second-order valence-corrected chi connectivity index (χ2v) is 3.89. The predicted molar refractivity (Wildman–Crippen MR) is 64.6 cm³/mol. The number of hydrogen-bond donors (Lipinski definition) is 1. The van der Waals surface area contributed by atoms with Crippen LogP contribution in [0.3, 0.4) is 0 Å². The largest absolute Gasteiger partial charge is 0.481 e. The van der Waals surface area contributed by atoms with Crippen LogP contribution >= 0.6 is 0 Å². The molecule has 1 heterocycles. The van der Waals surface area contributed by atoms with Crippen molar-refractivity contribution in [1.29, 1.82) is 0 Å². The molecule has 1 N–H and O–H groups in total. The summed E-state index contributed by atoms with van der Waals surface area (Å²) in [4.78, 5) is 15.0. The minimum absolute atomic E-state index is 0.0674. The van der Waals surface area contributed by atoms with Gasteiger partial charge in [0, 0.05) is 24.0 Å². The topological polar surface area (TPSA) is 55.1 Å². The third kappa shape index (κ3) is 2.40. The van der Waals surface area contributed by atoms with Crippen molar-refractivity contribution >= 4 is 5.97 Å². The van der Waals surface area contributed by atoms with Gasteiger partial charge in [0.2, 0.25) is 0 Å². The maximum absolute atomic E-state index is 12.9. The Morgan fingerprint density at radius 2 is 2.06 bits per heavy atom. The van der Waals surface area contributed by atoms with E-state index in [1.807, 2.05) is 11.5 Å². The van der Waals surface area contributed by atoms with Gasteiger partial charge in [0.15, 0.2) is 0 Å². The Hall–Kier alpha value is -2.17. The minimum atomic E-state index is -0.893. The molecular weight excluding hydrogens is 235 g/mol. The molecule has 2 rings (SSSR count). The maximum atomic E-state index is 12.9. The number of halogens is 1. The van der Waals surface area contributed by atoms with Crippen LogP contribution in [0.1, 0.15) is 12.6 Å². The lowest BCUT2D eigenvalue weighted by atomic mass is 10.2. The highest BCUT2D eigenvalue weighted by Gasteiger charge is 2.12. The fourth-order valence-electron chi connectivity index (χ4n) is 1.89. The zero-order valence-corrected chi connectivity index (χ0v) is 9.93. The van der Waals surface area contributed by atoms with E-state index in [1.165, 1.54) is 12.1 Å². The van der Waals surface area contributed by atoms with Crippen LogP contribution in [0.5, 0.6) is 0 Å². The van der Waals surface area contributed by atoms with Crippen LogP contribution in [0.2, 0.25) is 0 Å². The molecule has 0 radical (unpaired) electrons. The quantitative estimate of drug-likeness (QED) is 0.903. The maximum Gasteiger partial charge on any atom is 0.309 e. The number of carbonyl (C=O) groups is 1. The first kappa shape index (κ1) is 12.3. The van der Waals surface area contributed by atoms with E-state index >= 15 is 0 Å². The molecule has 0 unspecified atom stereocenters. The van der Waals surface area contributed by atoms with Crippen LogP contribution in [0.25, 0.3) is 11.4 Å². The summed E-state index contributed by atoms with van der Waals surface area (Å²) < 4.78 is 14.7. The second-order valence-electron chi connectivity index (χ2n) is 3.89. The van der Waals surface area contributed by atoms with Crippen LogP contribution < -0.4 is 0 Å². The Morgan fingerprint density at radius 3 is 2.61 bits per heavy atom. The molecular formula is C13H13FN2O2. The van der Waals surface area contributed by atoms with Crippen molar-refractivity contribution in [3.05, 3.63) is 42.0 Å². The van der Waals surface area contributed by atoms with Gasteiger partial charge in [-0.05, 0) is 31.2 Å². The van der Waals surface area contributed by atoms with Gasteiger partial charge < -0.3 is 9.67 Å². The SMILES string of the molecule is CCn1c(CC(=O)O)cnc1-c1ccc(F)cc1. The number of imidazole rings is 1. The van der Waals surface area contributed by atoms with Crippen molar-refractivity contribution in [2.45, 2.75) is 19.9 Å². The van der Waals surface area contributed by atoms with Crippen molar-refractivity contribution in [2.75, 3.05) is 0 Å². The Morgan fingerprint density at radius 1 is 1.39 bits per heavy atom. The molecule has 0 aliphatic rings. The predicted octanol–water partition coefficient (Wildman–Crippen LogP) is 2.34. The van der Waals surface area contributed by atoms with E-state index in [0.29, 0.717) is 18.1 Å². The third-order valence-electron chi connectivity index (χ3n) is 2.69. The van der Waals surface area contributed by atoms with Crippen molar-refractivity contribution < 1.29 is 14.3 Å². The van der Waals surface area contributed by atoms with Gasteiger partial charge in [-0.15, -0.1) is 0 Å². The Balaban J connectivity index is 2.42. The molecule has 1 aromatic heterocycles. The van der Waals surface area contributed by atoms with Crippen molar-refractivity contribution in [2.24, 2.45) is 0 Å². The Bertz CT molecular complexity index is 561. The highest BCUT2D eigenvalue weighted by molar-refractivity contribution is 5.70. The molecule has 0 aliphatic heterocycles. The van der Waals surface area contributed by atoms with Crippen LogP contribution in [-0.2, 0) is 17.8 Å². The van der Waals surface area contributed by atoms with E-state index in [9.17, 15) is 9.18 Å². The molecule has 0 bridgehead atoms. The average molecular weight is 248 g/mol. The zero-order chi connectivity index (χ0) is 13.1. The summed E-state index contributed by atoms with van der Waals surface area (Å²) in [5.74, 6) is -0.539. The van der Waals surface area contributed by atoms with Gasteiger partial charge >= 0.3 is 5.97 Å². The van der Waals surface area contributed by atoms with E-state index in [0.717, 1.165) is 5.56 Å². The number of benzene rings is 1. The number of nitrogens with zero attached hydrogens (tertiary/aromatic N) is 2. The molecule has 1 aromatic carbocycles. The summed E-state index contributed by atoms with van der Waals surface area (Å²) >= 11 is 0. The molecule has 2 aromatic rings. The standard InChI is InChI=1S/C13H13FN2O2/c1-2-16-11(7-12(17)18)8-15-13(16)9-3-5-10(14)6-4-9/h3-6,8H,2,7H2,1H3,(H,17,18). The van der Waals surface area contributed by atoms with Gasteiger partial charge in [-0.3, -0.25) is 4.79 Å². The fraction of sp³-hybridized carbons (Fsp3) is 0.231. The number of aromatic nitrogens is 2. The summed E-state index contributed by atoms with van der Waals surface area (Å²) in [7, 11) is 0. The Kier molecular flexibility index (Phi) is 3.41. The normalized spacial score (nSPS) is 10.6. The molecule has 94 valence electrons. The molecule has 0 saturated heterocycles. The lowest BCUT2D eigenvalue weighted by Gasteiger charge is -2.08. The van der Waals surface area contributed by atoms with E-state index in [1.54, 1.807) is 18.3 Å².